The second-order valence-electron chi connectivity index (χ2n) is 2.97. The smallest absolute Gasteiger partial charge is 0.382 e. The van der Waals surface area contributed by atoms with Crippen LogP contribution in [-0.2, 0) is 14.3 Å². The van der Waals surface area contributed by atoms with Crippen LogP contribution in [0.4, 0.5) is 0 Å². The molecule has 0 saturated carbocycles. The summed E-state index contributed by atoms with van der Waals surface area (Å²) in [4.78, 5) is 21.9. The van der Waals surface area contributed by atoms with Crippen molar-refractivity contribution < 1.29 is 23.8 Å². The van der Waals surface area contributed by atoms with E-state index in [1.807, 2.05) is 0 Å². The molecule has 0 saturated heterocycles. The van der Waals surface area contributed by atoms with E-state index < -0.39 is 11.9 Å². The Morgan fingerprint density at radius 1 is 1.12 bits per heavy atom. The van der Waals surface area contributed by atoms with Gasteiger partial charge in [-0.3, -0.25) is 0 Å². The third-order valence-corrected chi connectivity index (χ3v) is 1.93. The van der Waals surface area contributed by atoms with E-state index in [9.17, 15) is 9.59 Å². The number of methoxy groups -OCH3 is 1. The molecule has 0 radical (unpaired) electrons. The second kappa shape index (κ2) is 4.06. The van der Waals surface area contributed by atoms with Crippen molar-refractivity contribution in [2.24, 2.45) is 0 Å². The summed E-state index contributed by atoms with van der Waals surface area (Å²) in [6.45, 7) is 0. The summed E-state index contributed by atoms with van der Waals surface area (Å²) >= 11 is 0. The van der Waals surface area contributed by atoms with E-state index in [2.05, 4.69) is 4.74 Å². The lowest BCUT2D eigenvalue weighted by molar-refractivity contribution is -0.151. The average Bonchev–Trinajstić information content (AvgIpc) is 2.58. The van der Waals surface area contributed by atoms with E-state index >= 15 is 0 Å². The van der Waals surface area contributed by atoms with Gasteiger partial charge >= 0.3 is 11.9 Å². The van der Waals surface area contributed by atoms with Crippen molar-refractivity contribution >= 4 is 11.9 Å². The number of carbonyl (C=O) groups excluding carboxylic acids is 2. The Morgan fingerprint density at radius 2 is 1.81 bits per heavy atom. The number of carbonyl (C=O) groups is 2. The Labute approximate surface area is 91.2 Å². The van der Waals surface area contributed by atoms with Gasteiger partial charge in [0.2, 0.25) is 5.76 Å². The number of hydrogen-bond donors (Lipinski definition) is 0. The van der Waals surface area contributed by atoms with Crippen LogP contribution >= 0.6 is 0 Å². The molecule has 0 N–H and O–H groups in total. The van der Waals surface area contributed by atoms with Gasteiger partial charge in [0, 0.05) is 0 Å². The monoisotopic (exact) mass is 220 g/mol. The molecule has 1 heterocycles. The van der Waals surface area contributed by atoms with Gasteiger partial charge in [-0.2, -0.15) is 0 Å². The van der Waals surface area contributed by atoms with Crippen LogP contribution in [-0.4, -0.2) is 19.0 Å². The Bertz CT molecular complexity index is 475. The second-order valence-corrected chi connectivity index (χ2v) is 2.97. The van der Waals surface area contributed by atoms with Gasteiger partial charge in [0.05, 0.1) is 13.2 Å². The van der Waals surface area contributed by atoms with Gasteiger partial charge < -0.3 is 14.2 Å². The highest BCUT2D eigenvalue weighted by atomic mass is 16.6. The number of hydrogen-bond acceptors (Lipinski definition) is 5. The molecule has 5 nitrogen and oxygen atoms in total. The highest BCUT2D eigenvalue weighted by molar-refractivity contribution is 6.07. The molecular weight excluding hydrogens is 212 g/mol. The van der Waals surface area contributed by atoms with Crippen LogP contribution in [0.1, 0.15) is 0 Å². The number of para-hydroxylation sites is 2. The van der Waals surface area contributed by atoms with Gasteiger partial charge in [-0.1, -0.05) is 12.1 Å². The molecule has 0 aromatic heterocycles. The van der Waals surface area contributed by atoms with Gasteiger partial charge in [0.15, 0.2) is 11.5 Å². The first-order valence-corrected chi connectivity index (χ1v) is 4.49. The Balaban J connectivity index is 2.24. The lowest BCUT2D eigenvalue weighted by atomic mass is 10.3. The quantitative estimate of drug-likeness (QED) is 0.562. The molecule has 0 bridgehead atoms. The van der Waals surface area contributed by atoms with Crippen LogP contribution in [0, 0.1) is 0 Å². The highest BCUT2D eigenvalue weighted by Gasteiger charge is 2.26. The molecule has 2 rings (SSSR count). The first kappa shape index (κ1) is 10.2. The Kier molecular flexibility index (Phi) is 2.59. The summed E-state index contributed by atoms with van der Waals surface area (Å²) in [5, 5.41) is 0. The maximum absolute atomic E-state index is 11.1. The Morgan fingerprint density at radius 3 is 2.38 bits per heavy atom. The largest absolute Gasteiger partial charge is 0.493 e. The molecule has 0 atom stereocenters. The standard InChI is InChI=1S/C11H8O5/c1-14-7-4-2-3-5-8(7)15-9-6-10(12)16-11(9)13/h2-6H,1H3. The summed E-state index contributed by atoms with van der Waals surface area (Å²) in [6.07, 6.45) is 0.995. The first-order chi connectivity index (χ1) is 7.70. The summed E-state index contributed by atoms with van der Waals surface area (Å²) in [7, 11) is 1.48. The zero-order chi connectivity index (χ0) is 11.5. The number of ether oxygens (including phenoxy) is 3. The highest BCUT2D eigenvalue weighted by Crippen LogP contribution is 2.28. The third-order valence-electron chi connectivity index (χ3n) is 1.93. The van der Waals surface area contributed by atoms with Crippen molar-refractivity contribution in [1.29, 1.82) is 0 Å². The van der Waals surface area contributed by atoms with E-state index in [1.165, 1.54) is 7.11 Å². The molecule has 0 spiro atoms. The SMILES string of the molecule is COc1ccccc1OC1=CC(=O)OC1=O. The normalized spacial score (nSPS) is 14.4. The molecule has 0 aliphatic carbocycles. The summed E-state index contributed by atoms with van der Waals surface area (Å²) < 4.78 is 14.5. The van der Waals surface area contributed by atoms with Crippen molar-refractivity contribution in [2.45, 2.75) is 0 Å². The molecule has 1 aromatic rings. The molecule has 1 aliphatic heterocycles. The van der Waals surface area contributed by atoms with Gasteiger partial charge in [-0.05, 0) is 12.1 Å². The molecule has 82 valence electrons. The summed E-state index contributed by atoms with van der Waals surface area (Å²) in [6, 6.07) is 6.78. The minimum absolute atomic E-state index is 0.144. The van der Waals surface area contributed by atoms with E-state index in [0.29, 0.717) is 11.5 Å². The molecular formula is C11H8O5. The maximum Gasteiger partial charge on any atom is 0.382 e. The molecule has 0 amide bonds. The molecule has 1 aliphatic rings. The van der Waals surface area contributed by atoms with Crippen LogP contribution in [0.2, 0.25) is 0 Å². The summed E-state index contributed by atoms with van der Waals surface area (Å²) in [5.41, 5.74) is 0. The molecule has 5 heteroatoms. The van der Waals surface area contributed by atoms with E-state index in [4.69, 9.17) is 9.47 Å². The van der Waals surface area contributed by atoms with Crippen LogP contribution in [0.25, 0.3) is 0 Å². The molecule has 16 heavy (non-hydrogen) atoms. The fourth-order valence-electron chi connectivity index (χ4n) is 1.23. The maximum atomic E-state index is 11.1. The van der Waals surface area contributed by atoms with Crippen LogP contribution in [0.5, 0.6) is 11.5 Å². The average molecular weight is 220 g/mol. The fourth-order valence-corrected chi connectivity index (χ4v) is 1.23. The predicted molar refractivity (Wildman–Crippen MR) is 52.8 cm³/mol. The van der Waals surface area contributed by atoms with Crippen molar-refractivity contribution in [2.75, 3.05) is 7.11 Å². The number of esters is 2. The zero-order valence-electron chi connectivity index (χ0n) is 8.43. The summed E-state index contributed by atoms with van der Waals surface area (Å²) in [5.74, 6) is -0.848. The predicted octanol–water partition coefficient (Wildman–Crippen LogP) is 1.04. The van der Waals surface area contributed by atoms with Crippen molar-refractivity contribution in [3.8, 4) is 11.5 Å². The zero-order valence-corrected chi connectivity index (χ0v) is 8.43. The Hall–Kier alpha value is -2.30. The number of benzene rings is 1. The molecule has 0 unspecified atom stereocenters. The number of rotatable bonds is 3. The van der Waals surface area contributed by atoms with Crippen LogP contribution in [0.3, 0.4) is 0 Å². The first-order valence-electron chi connectivity index (χ1n) is 4.49. The van der Waals surface area contributed by atoms with E-state index in [0.717, 1.165) is 6.08 Å². The van der Waals surface area contributed by atoms with E-state index in [-0.39, 0.29) is 5.76 Å². The van der Waals surface area contributed by atoms with Crippen LogP contribution < -0.4 is 9.47 Å². The fraction of sp³-hybridized carbons (Fsp3) is 0.0909. The lowest BCUT2D eigenvalue weighted by Gasteiger charge is -2.08. The number of cyclic esters (lactones) is 2. The third kappa shape index (κ3) is 1.88. The lowest BCUT2D eigenvalue weighted by Crippen LogP contribution is -2.07. The minimum atomic E-state index is -0.795. The van der Waals surface area contributed by atoms with Crippen LogP contribution in [0.15, 0.2) is 36.1 Å². The van der Waals surface area contributed by atoms with Crippen molar-refractivity contribution in [3.63, 3.8) is 0 Å². The van der Waals surface area contributed by atoms with Gasteiger partial charge in [-0.25, -0.2) is 9.59 Å². The van der Waals surface area contributed by atoms with Gasteiger partial charge in [0.1, 0.15) is 0 Å². The van der Waals surface area contributed by atoms with Crippen molar-refractivity contribution in [3.05, 3.63) is 36.1 Å². The van der Waals surface area contributed by atoms with E-state index in [1.54, 1.807) is 24.3 Å². The van der Waals surface area contributed by atoms with Gasteiger partial charge in [0.25, 0.3) is 0 Å². The molecule has 1 aromatic carbocycles. The molecule has 0 fully saturated rings. The topological polar surface area (TPSA) is 61.8 Å². The van der Waals surface area contributed by atoms with Gasteiger partial charge in [-0.15, -0.1) is 0 Å². The minimum Gasteiger partial charge on any atom is -0.493 e. The van der Waals surface area contributed by atoms with Crippen molar-refractivity contribution in [1.82, 2.24) is 0 Å².